The van der Waals surface area contributed by atoms with Gasteiger partial charge in [-0.2, -0.15) is 0 Å². The zero-order valence-corrected chi connectivity index (χ0v) is 8.88. The number of benzene rings is 1. The second kappa shape index (κ2) is 4.08. The number of imidazole rings is 1. The van der Waals surface area contributed by atoms with Crippen molar-refractivity contribution in [3.8, 4) is 0 Å². The molecule has 0 atom stereocenters. The van der Waals surface area contributed by atoms with E-state index in [1.54, 1.807) is 12.1 Å². The van der Waals surface area contributed by atoms with Gasteiger partial charge in [-0.05, 0) is 18.6 Å². The van der Waals surface area contributed by atoms with E-state index in [-0.39, 0.29) is 6.61 Å². The molecule has 2 rings (SSSR count). The number of aromatic amines is 1. The van der Waals surface area contributed by atoms with Gasteiger partial charge in [0.15, 0.2) is 0 Å². The van der Waals surface area contributed by atoms with Crippen LogP contribution in [0.4, 0.5) is 5.69 Å². The number of aliphatic hydroxyl groups is 1. The minimum Gasteiger partial charge on any atom is -0.397 e. The van der Waals surface area contributed by atoms with Crippen molar-refractivity contribution in [2.75, 3.05) is 12.3 Å². The van der Waals surface area contributed by atoms with Crippen LogP contribution in [0.1, 0.15) is 12.2 Å². The van der Waals surface area contributed by atoms with Gasteiger partial charge in [0.1, 0.15) is 11.3 Å². The number of nitrogens with two attached hydrogens (primary N) is 1. The summed E-state index contributed by atoms with van der Waals surface area (Å²) < 4.78 is 0. The fourth-order valence-electron chi connectivity index (χ4n) is 1.52. The van der Waals surface area contributed by atoms with Crippen LogP contribution in [0.5, 0.6) is 0 Å². The second-order valence-electron chi connectivity index (χ2n) is 3.40. The molecule has 0 radical (unpaired) electrons. The molecule has 2 aromatic rings. The number of fused-ring (bicyclic) bond motifs is 1. The van der Waals surface area contributed by atoms with E-state index in [0.29, 0.717) is 23.6 Å². The van der Waals surface area contributed by atoms with Crippen molar-refractivity contribution < 1.29 is 5.11 Å². The molecule has 0 saturated heterocycles. The van der Waals surface area contributed by atoms with E-state index in [1.807, 2.05) is 0 Å². The number of aliphatic hydroxyl groups excluding tert-OH is 1. The number of halogens is 1. The highest BCUT2D eigenvalue weighted by molar-refractivity contribution is 6.31. The number of nitrogen functional groups attached to an aromatic ring is 1. The monoisotopic (exact) mass is 225 g/mol. The number of nitrogens with zero attached hydrogens (tertiary/aromatic N) is 1. The normalized spacial score (nSPS) is 11.1. The number of rotatable bonds is 3. The maximum Gasteiger partial charge on any atom is 0.112 e. The van der Waals surface area contributed by atoms with Gasteiger partial charge < -0.3 is 15.8 Å². The average Bonchev–Trinajstić information content (AvgIpc) is 2.57. The molecule has 4 nitrogen and oxygen atoms in total. The largest absolute Gasteiger partial charge is 0.397 e. The summed E-state index contributed by atoms with van der Waals surface area (Å²) in [5.74, 6) is 0.827. The third kappa shape index (κ3) is 2.06. The van der Waals surface area contributed by atoms with Gasteiger partial charge in [-0.3, -0.25) is 0 Å². The molecule has 0 aliphatic carbocycles. The Balaban J connectivity index is 2.41. The van der Waals surface area contributed by atoms with E-state index >= 15 is 0 Å². The third-order valence-electron chi connectivity index (χ3n) is 2.20. The first kappa shape index (κ1) is 10.3. The van der Waals surface area contributed by atoms with Crippen LogP contribution in [-0.2, 0) is 6.42 Å². The smallest absolute Gasteiger partial charge is 0.112 e. The number of aryl methyl sites for hydroxylation is 1. The maximum absolute atomic E-state index is 8.71. The quantitative estimate of drug-likeness (QED) is 0.697. The van der Waals surface area contributed by atoms with E-state index in [2.05, 4.69) is 9.97 Å². The van der Waals surface area contributed by atoms with Crippen LogP contribution in [0.15, 0.2) is 12.1 Å². The summed E-state index contributed by atoms with van der Waals surface area (Å²) in [6, 6.07) is 3.48. The van der Waals surface area contributed by atoms with Crippen molar-refractivity contribution in [3.05, 3.63) is 23.0 Å². The number of anilines is 1. The standard InChI is InChI=1S/C10H12ClN3O/c11-6-4-7(12)10-8(5-6)13-9(14-10)2-1-3-15/h4-5,15H,1-3,12H2,(H,13,14). The number of hydrogen-bond acceptors (Lipinski definition) is 3. The van der Waals surface area contributed by atoms with Gasteiger partial charge in [-0.1, -0.05) is 11.6 Å². The third-order valence-corrected chi connectivity index (χ3v) is 2.42. The summed E-state index contributed by atoms with van der Waals surface area (Å²) >= 11 is 5.87. The average molecular weight is 226 g/mol. The molecule has 0 amide bonds. The first-order valence-corrected chi connectivity index (χ1v) is 5.13. The molecule has 0 fully saturated rings. The van der Waals surface area contributed by atoms with Crippen LogP contribution >= 0.6 is 11.6 Å². The van der Waals surface area contributed by atoms with E-state index in [4.69, 9.17) is 22.4 Å². The first-order valence-electron chi connectivity index (χ1n) is 4.75. The molecule has 5 heteroatoms. The van der Waals surface area contributed by atoms with E-state index < -0.39 is 0 Å². The summed E-state index contributed by atoms with van der Waals surface area (Å²) in [7, 11) is 0. The molecule has 4 N–H and O–H groups in total. The molecule has 80 valence electrons. The highest BCUT2D eigenvalue weighted by Crippen LogP contribution is 2.24. The van der Waals surface area contributed by atoms with Crippen molar-refractivity contribution in [3.63, 3.8) is 0 Å². The molecule has 0 unspecified atom stereocenters. The fourth-order valence-corrected chi connectivity index (χ4v) is 1.75. The topological polar surface area (TPSA) is 74.9 Å². The van der Waals surface area contributed by atoms with Crippen LogP contribution in [0.25, 0.3) is 11.0 Å². The molecule has 1 heterocycles. The van der Waals surface area contributed by atoms with Gasteiger partial charge in [0.25, 0.3) is 0 Å². The van der Waals surface area contributed by atoms with E-state index in [1.165, 1.54) is 0 Å². The minimum atomic E-state index is 0.160. The van der Waals surface area contributed by atoms with Gasteiger partial charge in [-0.15, -0.1) is 0 Å². The molecule has 0 spiro atoms. The van der Waals surface area contributed by atoms with Gasteiger partial charge in [0.2, 0.25) is 0 Å². The number of nitrogens with one attached hydrogen (secondary N) is 1. The fraction of sp³-hybridized carbons (Fsp3) is 0.300. The van der Waals surface area contributed by atoms with Crippen LogP contribution in [0, 0.1) is 0 Å². The molecule has 1 aromatic heterocycles. The lowest BCUT2D eigenvalue weighted by molar-refractivity contribution is 0.287. The predicted octanol–water partition coefficient (Wildman–Crippen LogP) is 1.72. The molecule has 0 aliphatic rings. The van der Waals surface area contributed by atoms with Crippen molar-refractivity contribution >= 4 is 28.3 Å². The summed E-state index contributed by atoms with van der Waals surface area (Å²) in [6.45, 7) is 0.160. The molecule has 0 saturated carbocycles. The van der Waals surface area contributed by atoms with Gasteiger partial charge in [0.05, 0.1) is 11.2 Å². The molecular formula is C10H12ClN3O. The highest BCUT2D eigenvalue weighted by atomic mass is 35.5. The Kier molecular flexibility index (Phi) is 2.79. The maximum atomic E-state index is 8.71. The highest BCUT2D eigenvalue weighted by Gasteiger charge is 2.06. The van der Waals surface area contributed by atoms with Crippen molar-refractivity contribution in [1.82, 2.24) is 9.97 Å². The zero-order chi connectivity index (χ0) is 10.8. The Morgan fingerprint density at radius 1 is 1.47 bits per heavy atom. The summed E-state index contributed by atoms with van der Waals surface area (Å²) in [5, 5.41) is 9.31. The summed E-state index contributed by atoms with van der Waals surface area (Å²) in [6.07, 6.45) is 1.40. The van der Waals surface area contributed by atoms with Crippen molar-refractivity contribution in [2.24, 2.45) is 0 Å². The van der Waals surface area contributed by atoms with Crippen LogP contribution in [-0.4, -0.2) is 21.7 Å². The van der Waals surface area contributed by atoms with Gasteiger partial charge in [-0.25, -0.2) is 4.98 Å². The second-order valence-corrected chi connectivity index (χ2v) is 3.84. The van der Waals surface area contributed by atoms with Crippen molar-refractivity contribution in [1.29, 1.82) is 0 Å². The molecule has 15 heavy (non-hydrogen) atoms. The van der Waals surface area contributed by atoms with Crippen LogP contribution < -0.4 is 5.73 Å². The Bertz CT molecular complexity index is 481. The Labute approximate surface area is 92.1 Å². The zero-order valence-electron chi connectivity index (χ0n) is 8.13. The number of hydrogen-bond donors (Lipinski definition) is 3. The molecule has 0 aliphatic heterocycles. The Morgan fingerprint density at radius 2 is 2.27 bits per heavy atom. The predicted molar refractivity (Wildman–Crippen MR) is 60.9 cm³/mol. The first-order chi connectivity index (χ1) is 7.20. The Morgan fingerprint density at radius 3 is 3.00 bits per heavy atom. The summed E-state index contributed by atoms with van der Waals surface area (Å²) in [5.41, 5.74) is 7.94. The minimum absolute atomic E-state index is 0.160. The number of aromatic nitrogens is 2. The van der Waals surface area contributed by atoms with E-state index in [9.17, 15) is 0 Å². The lowest BCUT2D eigenvalue weighted by Gasteiger charge is -1.94. The lowest BCUT2D eigenvalue weighted by atomic mass is 10.3. The van der Waals surface area contributed by atoms with Gasteiger partial charge in [0, 0.05) is 18.1 Å². The molecule has 0 bridgehead atoms. The van der Waals surface area contributed by atoms with Crippen LogP contribution in [0.2, 0.25) is 5.02 Å². The molecule has 1 aromatic carbocycles. The number of H-pyrrole nitrogens is 1. The van der Waals surface area contributed by atoms with Gasteiger partial charge >= 0.3 is 0 Å². The van der Waals surface area contributed by atoms with Crippen LogP contribution in [0.3, 0.4) is 0 Å². The SMILES string of the molecule is Nc1cc(Cl)cc2[nH]c(CCCO)nc12. The molecular weight excluding hydrogens is 214 g/mol. The summed E-state index contributed by atoms with van der Waals surface area (Å²) in [4.78, 5) is 7.47. The Hall–Kier alpha value is -1.26. The van der Waals surface area contributed by atoms with E-state index in [0.717, 1.165) is 16.9 Å². The van der Waals surface area contributed by atoms with Crippen molar-refractivity contribution in [2.45, 2.75) is 12.8 Å². The lowest BCUT2D eigenvalue weighted by Crippen LogP contribution is -1.91.